The zero-order valence-electron chi connectivity index (χ0n) is 14.1. The number of hydrogen-bond acceptors (Lipinski definition) is 2. The van der Waals surface area contributed by atoms with Crippen LogP contribution < -0.4 is 4.72 Å². The normalized spacial score (nSPS) is 12.8. The second-order valence-electron chi connectivity index (χ2n) is 5.71. The van der Waals surface area contributed by atoms with E-state index in [-0.39, 0.29) is 0 Å². The Balaban J connectivity index is 2.07. The molecule has 6 heteroatoms. The van der Waals surface area contributed by atoms with E-state index in [4.69, 9.17) is 0 Å². The van der Waals surface area contributed by atoms with Crippen LogP contribution in [-0.2, 0) is 9.92 Å². The first-order chi connectivity index (χ1) is 12.5. The van der Waals surface area contributed by atoms with E-state index in [9.17, 15) is 9.00 Å². The van der Waals surface area contributed by atoms with Crippen molar-refractivity contribution in [2.24, 2.45) is 4.36 Å². The Morgan fingerprint density at radius 1 is 0.923 bits per heavy atom. The molecular weight excluding hydrogens is 459 g/mol. The van der Waals surface area contributed by atoms with Crippen molar-refractivity contribution in [3.63, 3.8) is 0 Å². The molecular formula is C20H17IN2O2S. The third-order valence-electron chi connectivity index (χ3n) is 3.67. The summed E-state index contributed by atoms with van der Waals surface area (Å²) in [5, 5.41) is 0. The number of benzene rings is 3. The molecule has 0 saturated heterocycles. The van der Waals surface area contributed by atoms with Gasteiger partial charge in [0.1, 0.15) is 0 Å². The quantitative estimate of drug-likeness (QED) is 0.520. The maximum atomic E-state index is 13.6. The van der Waals surface area contributed by atoms with Gasteiger partial charge in [0, 0.05) is 14.8 Å². The molecule has 3 aromatic carbocycles. The lowest BCUT2D eigenvalue weighted by atomic mass is 10.2. The third-order valence-corrected chi connectivity index (χ3v) is 6.24. The van der Waals surface area contributed by atoms with Crippen LogP contribution >= 0.6 is 22.6 Å². The van der Waals surface area contributed by atoms with E-state index in [1.807, 2.05) is 49.4 Å². The van der Waals surface area contributed by atoms with E-state index in [1.165, 1.54) is 0 Å². The maximum Gasteiger partial charge on any atom is 0.286 e. The number of carbonyl (C=O) groups excluding carboxylic acids is 1. The molecule has 0 spiro atoms. The zero-order chi connectivity index (χ0) is 18.6. The Labute approximate surface area is 167 Å². The van der Waals surface area contributed by atoms with Gasteiger partial charge in [0.15, 0.2) is 9.92 Å². The van der Waals surface area contributed by atoms with Gasteiger partial charge in [-0.2, -0.15) is 0 Å². The summed E-state index contributed by atoms with van der Waals surface area (Å²) in [6, 6.07) is 23.3. The molecule has 1 amide bonds. The highest BCUT2D eigenvalue weighted by molar-refractivity contribution is 14.1. The van der Waals surface area contributed by atoms with Gasteiger partial charge in [0.05, 0.1) is 4.90 Å². The number of nitrogens with one attached hydrogen (secondary N) is 1. The fraction of sp³-hybridized carbons (Fsp3) is 0.0500. The molecule has 0 aliphatic carbocycles. The molecule has 0 radical (unpaired) electrons. The van der Waals surface area contributed by atoms with Crippen LogP contribution in [0, 0.1) is 10.5 Å². The summed E-state index contributed by atoms with van der Waals surface area (Å²) in [5.74, 6) is -0.519. The van der Waals surface area contributed by atoms with E-state index < -0.39 is 15.8 Å². The van der Waals surface area contributed by atoms with Crippen molar-refractivity contribution in [2.45, 2.75) is 11.8 Å². The van der Waals surface area contributed by atoms with Gasteiger partial charge in [0.2, 0.25) is 0 Å². The average molecular weight is 476 g/mol. The van der Waals surface area contributed by atoms with E-state index >= 15 is 0 Å². The van der Waals surface area contributed by atoms with Gasteiger partial charge >= 0.3 is 0 Å². The summed E-state index contributed by atoms with van der Waals surface area (Å²) in [6.45, 7) is 1.95. The molecule has 26 heavy (non-hydrogen) atoms. The molecule has 1 atom stereocenters. The van der Waals surface area contributed by atoms with Gasteiger partial charge in [-0.25, -0.2) is 4.21 Å². The molecule has 4 nitrogen and oxygen atoms in total. The molecule has 1 unspecified atom stereocenters. The van der Waals surface area contributed by atoms with Gasteiger partial charge in [-0.3, -0.25) is 9.52 Å². The smallest absolute Gasteiger partial charge is 0.286 e. The Bertz CT molecular complexity index is 1020. The Hall–Kier alpha value is -2.19. The second-order valence-corrected chi connectivity index (χ2v) is 8.87. The van der Waals surface area contributed by atoms with Crippen molar-refractivity contribution in [3.8, 4) is 0 Å². The van der Waals surface area contributed by atoms with Gasteiger partial charge < -0.3 is 0 Å². The van der Waals surface area contributed by atoms with Crippen LogP contribution in [0.5, 0.6) is 0 Å². The zero-order valence-corrected chi connectivity index (χ0v) is 17.0. The molecule has 0 fully saturated rings. The summed E-state index contributed by atoms with van der Waals surface area (Å²) >= 11 is 2.20. The molecule has 3 aromatic rings. The Morgan fingerprint density at radius 2 is 1.54 bits per heavy atom. The van der Waals surface area contributed by atoms with E-state index in [0.717, 1.165) is 9.13 Å². The highest BCUT2D eigenvalue weighted by Crippen LogP contribution is 2.21. The number of carbonyl (C=O) groups is 1. The van der Waals surface area contributed by atoms with Crippen LogP contribution in [0.1, 0.15) is 15.9 Å². The summed E-state index contributed by atoms with van der Waals surface area (Å²) in [5.41, 5.74) is 2.08. The minimum absolute atomic E-state index is 0.400. The predicted octanol–water partition coefficient (Wildman–Crippen LogP) is 5.29. The van der Waals surface area contributed by atoms with Crippen LogP contribution in [-0.4, -0.2) is 10.1 Å². The van der Waals surface area contributed by atoms with Gasteiger partial charge in [-0.15, -0.1) is 4.36 Å². The lowest BCUT2D eigenvalue weighted by Crippen LogP contribution is -2.15. The maximum absolute atomic E-state index is 13.6. The van der Waals surface area contributed by atoms with Crippen LogP contribution in [0.4, 0.5) is 5.69 Å². The summed E-state index contributed by atoms with van der Waals surface area (Å²) in [6.07, 6.45) is 0. The monoisotopic (exact) mass is 476 g/mol. The van der Waals surface area contributed by atoms with Gasteiger partial charge in [0.25, 0.3) is 5.91 Å². The lowest BCUT2D eigenvalue weighted by Gasteiger charge is -2.13. The standard InChI is InChI=1S/C20H17IN2O2S/c1-15-7-13-19(14-8-15)26(25,22-18-11-9-17(21)10-12-18)23-20(24)16-5-3-2-4-6-16/h2-14H,1H3,(H,22,23,24,25). The summed E-state index contributed by atoms with van der Waals surface area (Å²) in [7, 11) is -3.17. The molecule has 0 aromatic heterocycles. The number of rotatable bonds is 4. The highest BCUT2D eigenvalue weighted by atomic mass is 127. The van der Waals surface area contributed by atoms with Crippen molar-refractivity contribution in [3.05, 3.63) is 93.6 Å². The first-order valence-corrected chi connectivity index (χ1v) is 10.5. The van der Waals surface area contributed by atoms with E-state index in [0.29, 0.717) is 16.1 Å². The molecule has 1 N–H and O–H groups in total. The number of anilines is 1. The highest BCUT2D eigenvalue weighted by Gasteiger charge is 2.16. The summed E-state index contributed by atoms with van der Waals surface area (Å²) in [4.78, 5) is 13.0. The van der Waals surface area contributed by atoms with Crippen molar-refractivity contribution >= 4 is 44.1 Å². The molecule has 0 bridgehead atoms. The first-order valence-electron chi connectivity index (χ1n) is 7.93. The van der Waals surface area contributed by atoms with Crippen LogP contribution in [0.25, 0.3) is 0 Å². The van der Waals surface area contributed by atoms with Crippen LogP contribution in [0.2, 0.25) is 0 Å². The number of amides is 1. The van der Waals surface area contributed by atoms with Crippen molar-refractivity contribution in [1.82, 2.24) is 0 Å². The average Bonchev–Trinajstić information content (AvgIpc) is 2.65. The first kappa shape index (κ1) is 18.6. The SMILES string of the molecule is Cc1ccc(S(=O)(=NC(=O)c2ccccc2)Nc2ccc(I)cc2)cc1. The Kier molecular flexibility index (Phi) is 5.73. The fourth-order valence-electron chi connectivity index (χ4n) is 2.29. The molecule has 0 saturated carbocycles. The van der Waals surface area contributed by atoms with E-state index in [1.54, 1.807) is 36.4 Å². The van der Waals surface area contributed by atoms with Crippen molar-refractivity contribution in [2.75, 3.05) is 4.72 Å². The van der Waals surface area contributed by atoms with E-state index in [2.05, 4.69) is 31.7 Å². The molecule has 0 aliphatic rings. The van der Waals surface area contributed by atoms with Gasteiger partial charge in [-0.05, 0) is 78.0 Å². The Morgan fingerprint density at radius 3 is 2.15 bits per heavy atom. The van der Waals surface area contributed by atoms with Crippen LogP contribution in [0.3, 0.4) is 0 Å². The minimum Gasteiger partial charge on any atom is -0.295 e. The third kappa shape index (κ3) is 4.50. The number of nitrogens with zero attached hydrogens (tertiary/aromatic N) is 1. The largest absolute Gasteiger partial charge is 0.295 e. The summed E-state index contributed by atoms with van der Waals surface area (Å²) < 4.78 is 21.7. The van der Waals surface area contributed by atoms with Crippen LogP contribution in [0.15, 0.2) is 88.1 Å². The predicted molar refractivity (Wildman–Crippen MR) is 114 cm³/mol. The molecule has 3 rings (SSSR count). The topological polar surface area (TPSA) is 58.5 Å². The number of hydrogen-bond donors (Lipinski definition) is 1. The van der Waals surface area contributed by atoms with Crippen molar-refractivity contribution < 1.29 is 9.00 Å². The van der Waals surface area contributed by atoms with Gasteiger partial charge in [-0.1, -0.05) is 35.9 Å². The minimum atomic E-state index is -3.17. The number of halogens is 1. The molecule has 0 aliphatic heterocycles. The number of aryl methyl sites for hydroxylation is 1. The lowest BCUT2D eigenvalue weighted by molar-refractivity contribution is 0.100. The molecule has 0 heterocycles. The second kappa shape index (κ2) is 8.01. The van der Waals surface area contributed by atoms with Crippen molar-refractivity contribution in [1.29, 1.82) is 0 Å². The fourth-order valence-corrected chi connectivity index (χ4v) is 4.21. The molecule has 132 valence electrons.